The average Bonchev–Trinajstić information content (AvgIpc) is 3.24. The second-order valence-electron chi connectivity index (χ2n) is 19.4. The molecular weight excluding hydrogens is 723 g/mol. The molecule has 0 aliphatic rings. The molecule has 0 aromatic carbocycles. The Bertz CT molecular complexity index is 773. The van der Waals surface area contributed by atoms with E-state index in [0.29, 0.717) is 12.8 Å². The maximum atomic E-state index is 12.4. The van der Waals surface area contributed by atoms with E-state index in [-0.39, 0.29) is 12.5 Å². The van der Waals surface area contributed by atoms with E-state index in [2.05, 4.69) is 19.2 Å². The third-order valence-electron chi connectivity index (χ3n) is 13.4. The van der Waals surface area contributed by atoms with Gasteiger partial charge in [0.1, 0.15) is 0 Å². The lowest BCUT2D eigenvalue weighted by Crippen LogP contribution is -2.45. The molecule has 0 saturated carbocycles. The fraction of sp³-hybridized carbons (Fsp3) is 0.982. The summed E-state index contributed by atoms with van der Waals surface area (Å²) in [6.45, 7) is 4.39. The molecule has 0 radical (unpaired) electrons. The van der Waals surface area contributed by atoms with Crippen LogP contribution < -0.4 is 5.32 Å². The van der Waals surface area contributed by atoms with Crippen LogP contribution in [0.25, 0.3) is 0 Å². The van der Waals surface area contributed by atoms with Crippen molar-refractivity contribution < 1.29 is 15.0 Å². The monoisotopic (exact) mass is 834 g/mol. The zero-order valence-corrected chi connectivity index (χ0v) is 40.8. The Kier molecular flexibility index (Phi) is 51.2. The average molecular weight is 834 g/mol. The molecule has 0 aliphatic carbocycles. The number of hydrogen-bond donors (Lipinski definition) is 3. The van der Waals surface area contributed by atoms with E-state index in [0.717, 1.165) is 25.7 Å². The molecule has 0 spiro atoms. The van der Waals surface area contributed by atoms with Crippen molar-refractivity contribution in [3.63, 3.8) is 0 Å². The second-order valence-corrected chi connectivity index (χ2v) is 19.4. The number of nitrogens with one attached hydrogen (secondary N) is 1. The van der Waals surface area contributed by atoms with E-state index in [4.69, 9.17) is 0 Å². The summed E-state index contributed by atoms with van der Waals surface area (Å²) < 4.78 is 0. The number of amides is 1. The van der Waals surface area contributed by atoms with Gasteiger partial charge in [-0.05, 0) is 12.8 Å². The summed E-state index contributed by atoms with van der Waals surface area (Å²) in [4.78, 5) is 12.4. The zero-order chi connectivity index (χ0) is 42.8. The van der Waals surface area contributed by atoms with Gasteiger partial charge in [0.2, 0.25) is 5.91 Å². The number of aliphatic hydroxyl groups excluding tert-OH is 2. The third kappa shape index (κ3) is 48.3. The van der Waals surface area contributed by atoms with Crippen molar-refractivity contribution in [3.8, 4) is 0 Å². The molecule has 0 fully saturated rings. The van der Waals surface area contributed by atoms with Crippen LogP contribution in [0.2, 0.25) is 0 Å². The van der Waals surface area contributed by atoms with Gasteiger partial charge in [-0.15, -0.1) is 0 Å². The van der Waals surface area contributed by atoms with Gasteiger partial charge in [0.15, 0.2) is 0 Å². The molecule has 0 bridgehead atoms. The molecule has 1 amide bonds. The van der Waals surface area contributed by atoms with Crippen molar-refractivity contribution in [1.82, 2.24) is 5.32 Å². The predicted octanol–water partition coefficient (Wildman–Crippen LogP) is 18.0. The van der Waals surface area contributed by atoms with Crippen LogP contribution in [0.4, 0.5) is 0 Å². The first kappa shape index (κ1) is 58.4. The molecule has 0 saturated heterocycles. The van der Waals surface area contributed by atoms with Crippen molar-refractivity contribution in [2.45, 2.75) is 341 Å². The predicted molar refractivity (Wildman–Crippen MR) is 263 cm³/mol. The van der Waals surface area contributed by atoms with E-state index >= 15 is 0 Å². The largest absolute Gasteiger partial charge is 0.394 e. The summed E-state index contributed by atoms with van der Waals surface area (Å²) in [7, 11) is 0. The normalized spacial score (nSPS) is 12.7. The molecule has 354 valence electrons. The van der Waals surface area contributed by atoms with Gasteiger partial charge >= 0.3 is 0 Å². The summed E-state index contributed by atoms with van der Waals surface area (Å²) >= 11 is 0. The maximum Gasteiger partial charge on any atom is 0.220 e. The summed E-state index contributed by atoms with van der Waals surface area (Å²) in [5.74, 6) is -0.0248. The van der Waals surface area contributed by atoms with Crippen molar-refractivity contribution in [2.24, 2.45) is 0 Å². The van der Waals surface area contributed by atoms with Crippen LogP contribution in [-0.2, 0) is 4.79 Å². The van der Waals surface area contributed by atoms with Gasteiger partial charge in [0.05, 0.1) is 18.8 Å². The van der Waals surface area contributed by atoms with Crippen LogP contribution in [0.1, 0.15) is 328 Å². The first-order chi connectivity index (χ1) is 29.2. The number of unbranched alkanes of at least 4 members (excludes halogenated alkanes) is 45. The van der Waals surface area contributed by atoms with E-state index in [1.807, 2.05) is 0 Å². The van der Waals surface area contributed by atoms with Crippen molar-refractivity contribution >= 4 is 5.91 Å². The highest BCUT2D eigenvalue weighted by atomic mass is 16.3. The number of aliphatic hydroxyl groups is 2. The highest BCUT2D eigenvalue weighted by molar-refractivity contribution is 5.76. The van der Waals surface area contributed by atoms with Crippen molar-refractivity contribution in [3.05, 3.63) is 0 Å². The van der Waals surface area contributed by atoms with Crippen LogP contribution in [0, 0.1) is 0 Å². The maximum absolute atomic E-state index is 12.4. The Balaban J connectivity index is 3.35. The van der Waals surface area contributed by atoms with Gasteiger partial charge in [0, 0.05) is 6.42 Å². The van der Waals surface area contributed by atoms with Gasteiger partial charge in [-0.1, -0.05) is 309 Å². The third-order valence-corrected chi connectivity index (χ3v) is 13.4. The SMILES string of the molecule is CCCCCCCCCCCCCCCCCCCCCCCCCCCCCCCCCCCC(O)C(CO)NC(=O)CCCCCCCCCCCCCCCC. The topological polar surface area (TPSA) is 69.6 Å². The van der Waals surface area contributed by atoms with Gasteiger partial charge in [-0.25, -0.2) is 0 Å². The molecular formula is C55H111NO3. The molecule has 2 atom stereocenters. The Morgan fingerprint density at radius 2 is 0.542 bits per heavy atom. The number of carbonyl (C=O) groups excluding carboxylic acids is 1. The first-order valence-electron chi connectivity index (χ1n) is 27.7. The quantitative estimate of drug-likeness (QED) is 0.0535. The smallest absolute Gasteiger partial charge is 0.220 e. The standard InChI is InChI=1S/C55H111NO3/c1-3-5-7-9-11-13-15-17-19-20-21-22-23-24-25-26-27-28-29-30-31-32-33-34-35-36-37-38-40-42-44-46-48-50-54(58)53(52-57)56-55(59)51-49-47-45-43-41-39-18-16-14-12-10-8-6-4-2/h53-54,57-58H,3-52H2,1-2H3,(H,56,59). The van der Waals surface area contributed by atoms with Crippen LogP contribution in [0.3, 0.4) is 0 Å². The minimum absolute atomic E-state index is 0.0248. The lowest BCUT2D eigenvalue weighted by atomic mass is 10.0. The molecule has 0 aromatic rings. The highest BCUT2D eigenvalue weighted by Gasteiger charge is 2.20. The molecule has 2 unspecified atom stereocenters. The molecule has 4 heteroatoms. The van der Waals surface area contributed by atoms with Gasteiger partial charge in [-0.3, -0.25) is 4.79 Å². The van der Waals surface area contributed by atoms with Crippen molar-refractivity contribution in [1.29, 1.82) is 0 Å². The summed E-state index contributed by atoms with van der Waals surface area (Å²) in [5.41, 5.74) is 0. The Morgan fingerprint density at radius 3 is 0.763 bits per heavy atom. The summed E-state index contributed by atoms with van der Waals surface area (Å²) in [6.07, 6.45) is 65.3. The fourth-order valence-corrected chi connectivity index (χ4v) is 9.13. The fourth-order valence-electron chi connectivity index (χ4n) is 9.13. The van der Waals surface area contributed by atoms with Crippen LogP contribution >= 0.6 is 0 Å². The molecule has 0 aromatic heterocycles. The molecule has 0 aliphatic heterocycles. The van der Waals surface area contributed by atoms with E-state index < -0.39 is 12.1 Å². The Labute approximate surface area is 372 Å². The summed E-state index contributed by atoms with van der Waals surface area (Å²) in [5, 5.41) is 23.3. The molecule has 0 rings (SSSR count). The van der Waals surface area contributed by atoms with Gasteiger partial charge in [0.25, 0.3) is 0 Å². The van der Waals surface area contributed by atoms with Crippen LogP contribution in [0.15, 0.2) is 0 Å². The minimum atomic E-state index is -0.654. The Morgan fingerprint density at radius 1 is 0.339 bits per heavy atom. The van der Waals surface area contributed by atoms with Crippen LogP contribution in [-0.4, -0.2) is 34.9 Å². The molecule has 0 heterocycles. The van der Waals surface area contributed by atoms with Gasteiger partial charge in [-0.2, -0.15) is 0 Å². The highest BCUT2D eigenvalue weighted by Crippen LogP contribution is 2.18. The first-order valence-corrected chi connectivity index (χ1v) is 27.7. The lowest BCUT2D eigenvalue weighted by molar-refractivity contribution is -0.123. The van der Waals surface area contributed by atoms with Crippen LogP contribution in [0.5, 0.6) is 0 Å². The van der Waals surface area contributed by atoms with Gasteiger partial charge < -0.3 is 15.5 Å². The number of rotatable bonds is 52. The van der Waals surface area contributed by atoms with E-state index in [9.17, 15) is 15.0 Å². The molecule has 3 N–H and O–H groups in total. The van der Waals surface area contributed by atoms with Crippen molar-refractivity contribution in [2.75, 3.05) is 6.61 Å². The van der Waals surface area contributed by atoms with E-state index in [1.54, 1.807) is 0 Å². The minimum Gasteiger partial charge on any atom is -0.394 e. The lowest BCUT2D eigenvalue weighted by Gasteiger charge is -2.22. The Hall–Kier alpha value is -0.610. The number of carbonyl (C=O) groups is 1. The zero-order valence-electron chi connectivity index (χ0n) is 40.8. The summed E-state index contributed by atoms with van der Waals surface area (Å²) in [6, 6.07) is -0.530. The molecule has 4 nitrogen and oxygen atoms in total. The number of hydrogen-bond acceptors (Lipinski definition) is 3. The second kappa shape index (κ2) is 51.7. The molecule has 59 heavy (non-hydrogen) atoms. The van der Waals surface area contributed by atoms with E-state index in [1.165, 1.54) is 276 Å².